The normalized spacial score (nSPS) is 12.2. The molecule has 0 aromatic heterocycles. The van der Waals surface area contributed by atoms with Crippen LogP contribution in [0.4, 0.5) is 5.69 Å². The Balaban J connectivity index is 2.16. The van der Waals surface area contributed by atoms with Crippen molar-refractivity contribution in [2.45, 2.75) is 26.4 Å². The molecule has 1 amide bonds. The minimum absolute atomic E-state index is 0.231. The van der Waals surface area contributed by atoms with Crippen molar-refractivity contribution in [1.29, 1.82) is 0 Å². The number of anilines is 1. The Kier molecular flexibility index (Phi) is 6.90. The van der Waals surface area contributed by atoms with Gasteiger partial charge in [-0.25, -0.2) is 8.42 Å². The number of carbonyl (C=O) groups is 1. The maximum atomic E-state index is 12.6. The number of ether oxygens (including phenoxy) is 2. The number of carbonyl (C=O) groups excluding carboxylic acids is 1. The number of aryl methyl sites for hydroxylation is 1. The van der Waals surface area contributed by atoms with Gasteiger partial charge in [0, 0.05) is 6.54 Å². The van der Waals surface area contributed by atoms with Gasteiger partial charge in [-0.15, -0.1) is 0 Å². The zero-order chi connectivity index (χ0) is 20.9. The number of nitrogens with one attached hydrogen (secondary N) is 1. The number of rotatable bonds is 8. The molecule has 1 N–H and O–H groups in total. The minimum atomic E-state index is -3.64. The predicted molar refractivity (Wildman–Crippen MR) is 109 cm³/mol. The van der Waals surface area contributed by atoms with Crippen LogP contribution in [0.15, 0.2) is 42.5 Å². The van der Waals surface area contributed by atoms with Gasteiger partial charge in [-0.1, -0.05) is 23.8 Å². The Labute approximate surface area is 166 Å². The van der Waals surface area contributed by atoms with Gasteiger partial charge in [0.25, 0.3) is 0 Å². The summed E-state index contributed by atoms with van der Waals surface area (Å²) in [7, 11) is -0.559. The fourth-order valence-electron chi connectivity index (χ4n) is 2.83. The molecule has 0 aliphatic carbocycles. The summed E-state index contributed by atoms with van der Waals surface area (Å²) >= 11 is 0. The highest BCUT2D eigenvalue weighted by atomic mass is 32.2. The van der Waals surface area contributed by atoms with Gasteiger partial charge in [-0.3, -0.25) is 9.10 Å². The summed E-state index contributed by atoms with van der Waals surface area (Å²) in [6, 6.07) is 11.4. The van der Waals surface area contributed by atoms with Crippen LogP contribution < -0.4 is 19.1 Å². The van der Waals surface area contributed by atoms with Crippen molar-refractivity contribution in [3.8, 4) is 11.5 Å². The molecule has 1 atom stereocenters. The maximum absolute atomic E-state index is 12.6. The first-order valence-corrected chi connectivity index (χ1v) is 10.6. The molecule has 1 unspecified atom stereocenters. The SMILES string of the molecule is COc1ccc(CNC(=O)C(C)N(c2ccc(C)cc2)S(C)(=O)=O)cc1OC. The molecule has 152 valence electrons. The quantitative estimate of drug-likeness (QED) is 0.728. The van der Waals surface area contributed by atoms with Crippen molar-refractivity contribution in [2.75, 3.05) is 24.8 Å². The van der Waals surface area contributed by atoms with E-state index in [1.807, 2.05) is 19.1 Å². The summed E-state index contributed by atoms with van der Waals surface area (Å²) < 4.78 is 36.2. The average molecular weight is 407 g/mol. The van der Waals surface area contributed by atoms with E-state index in [1.54, 1.807) is 44.4 Å². The van der Waals surface area contributed by atoms with Gasteiger partial charge >= 0.3 is 0 Å². The average Bonchev–Trinajstić information content (AvgIpc) is 2.66. The van der Waals surface area contributed by atoms with Crippen molar-refractivity contribution in [3.63, 3.8) is 0 Å². The molecule has 0 heterocycles. The lowest BCUT2D eigenvalue weighted by atomic mass is 10.2. The van der Waals surface area contributed by atoms with Gasteiger partial charge in [0.05, 0.1) is 26.2 Å². The van der Waals surface area contributed by atoms with Crippen LogP contribution >= 0.6 is 0 Å². The third-order valence-corrected chi connectivity index (χ3v) is 5.53. The molecule has 0 fully saturated rings. The molecule has 0 spiro atoms. The van der Waals surface area contributed by atoms with Crippen LogP contribution in [0.2, 0.25) is 0 Å². The van der Waals surface area contributed by atoms with Gasteiger partial charge in [-0.2, -0.15) is 0 Å². The molecule has 8 heteroatoms. The third-order valence-electron chi connectivity index (χ3n) is 4.29. The lowest BCUT2D eigenvalue weighted by Crippen LogP contribution is -2.47. The molecule has 2 rings (SSSR count). The first-order valence-electron chi connectivity index (χ1n) is 8.72. The molecule has 2 aromatic rings. The van der Waals surface area contributed by atoms with Gasteiger partial charge < -0.3 is 14.8 Å². The van der Waals surface area contributed by atoms with Crippen molar-refractivity contribution >= 4 is 21.6 Å². The zero-order valence-electron chi connectivity index (χ0n) is 16.7. The van der Waals surface area contributed by atoms with Crippen LogP contribution in [0.3, 0.4) is 0 Å². The zero-order valence-corrected chi connectivity index (χ0v) is 17.5. The van der Waals surface area contributed by atoms with E-state index in [2.05, 4.69) is 5.32 Å². The van der Waals surface area contributed by atoms with E-state index in [4.69, 9.17) is 9.47 Å². The Morgan fingerprint density at radius 3 is 2.21 bits per heavy atom. The van der Waals surface area contributed by atoms with Gasteiger partial charge in [0.2, 0.25) is 15.9 Å². The van der Waals surface area contributed by atoms with Crippen molar-refractivity contribution in [3.05, 3.63) is 53.6 Å². The Morgan fingerprint density at radius 2 is 1.68 bits per heavy atom. The van der Waals surface area contributed by atoms with Crippen LogP contribution in [0.5, 0.6) is 11.5 Å². The Morgan fingerprint density at radius 1 is 1.07 bits per heavy atom. The van der Waals surface area contributed by atoms with Crippen molar-refractivity contribution < 1.29 is 22.7 Å². The molecule has 2 aromatic carbocycles. The van der Waals surface area contributed by atoms with Gasteiger partial charge in [-0.05, 0) is 43.7 Å². The second-order valence-corrected chi connectivity index (χ2v) is 8.34. The number of hydrogen-bond donors (Lipinski definition) is 1. The van der Waals surface area contributed by atoms with Gasteiger partial charge in [0.1, 0.15) is 6.04 Å². The molecule has 7 nitrogen and oxygen atoms in total. The van der Waals surface area contributed by atoms with E-state index in [9.17, 15) is 13.2 Å². The third kappa shape index (κ3) is 5.16. The van der Waals surface area contributed by atoms with E-state index in [1.165, 1.54) is 7.11 Å². The predicted octanol–water partition coefficient (Wildman–Crippen LogP) is 2.48. The summed E-state index contributed by atoms with van der Waals surface area (Å²) in [5, 5.41) is 2.78. The summed E-state index contributed by atoms with van der Waals surface area (Å²) in [5.74, 6) is 0.745. The monoisotopic (exact) mass is 406 g/mol. The highest BCUT2D eigenvalue weighted by Crippen LogP contribution is 2.27. The first kappa shape index (κ1) is 21.6. The number of sulfonamides is 1. The highest BCUT2D eigenvalue weighted by molar-refractivity contribution is 7.92. The van der Waals surface area contributed by atoms with Crippen LogP contribution in [0.25, 0.3) is 0 Å². The molecule has 0 aliphatic rings. The molecule has 0 aliphatic heterocycles. The number of benzene rings is 2. The topological polar surface area (TPSA) is 84.9 Å². The smallest absolute Gasteiger partial charge is 0.243 e. The Bertz CT molecular complexity index is 926. The lowest BCUT2D eigenvalue weighted by Gasteiger charge is -2.28. The number of amides is 1. The lowest BCUT2D eigenvalue weighted by molar-refractivity contribution is -0.122. The standard InChI is InChI=1S/C20H26N2O5S/c1-14-6-9-17(10-7-14)22(28(5,24)25)15(2)20(23)21-13-16-8-11-18(26-3)19(12-16)27-4/h6-12,15H,13H2,1-5H3,(H,21,23). The second-order valence-electron chi connectivity index (χ2n) is 6.48. The molecule has 0 radical (unpaired) electrons. The molecule has 28 heavy (non-hydrogen) atoms. The van der Waals surface area contributed by atoms with Crippen molar-refractivity contribution in [1.82, 2.24) is 5.32 Å². The fraction of sp³-hybridized carbons (Fsp3) is 0.350. The molecule has 0 saturated carbocycles. The number of nitrogens with zero attached hydrogens (tertiary/aromatic N) is 1. The largest absolute Gasteiger partial charge is 0.493 e. The summed E-state index contributed by atoms with van der Waals surface area (Å²) in [4.78, 5) is 12.6. The molecule has 0 bridgehead atoms. The maximum Gasteiger partial charge on any atom is 0.243 e. The number of methoxy groups -OCH3 is 2. The first-order chi connectivity index (χ1) is 13.2. The molecular weight excluding hydrogens is 380 g/mol. The van der Waals surface area contributed by atoms with Crippen molar-refractivity contribution in [2.24, 2.45) is 0 Å². The summed E-state index contributed by atoms with van der Waals surface area (Å²) in [5.41, 5.74) is 2.25. The summed E-state index contributed by atoms with van der Waals surface area (Å²) in [6.45, 7) is 3.70. The van der Waals surface area contributed by atoms with E-state index >= 15 is 0 Å². The van der Waals surface area contributed by atoms with Gasteiger partial charge in [0.15, 0.2) is 11.5 Å². The molecule has 0 saturated heterocycles. The summed E-state index contributed by atoms with van der Waals surface area (Å²) in [6.07, 6.45) is 1.09. The van der Waals surface area contributed by atoms with E-state index in [0.29, 0.717) is 17.2 Å². The van der Waals surface area contributed by atoms with E-state index in [0.717, 1.165) is 21.7 Å². The second kappa shape index (κ2) is 8.97. The van der Waals surface area contributed by atoms with Crippen LogP contribution in [0, 0.1) is 6.92 Å². The number of hydrogen-bond acceptors (Lipinski definition) is 5. The minimum Gasteiger partial charge on any atom is -0.493 e. The molecular formula is C20H26N2O5S. The van der Waals surface area contributed by atoms with Crippen LogP contribution in [-0.2, 0) is 21.4 Å². The van der Waals surface area contributed by atoms with Crippen LogP contribution in [0.1, 0.15) is 18.1 Å². The fourth-order valence-corrected chi connectivity index (χ4v) is 4.00. The highest BCUT2D eigenvalue weighted by Gasteiger charge is 2.28. The van der Waals surface area contributed by atoms with Crippen LogP contribution in [-0.4, -0.2) is 40.8 Å². The Hall–Kier alpha value is -2.74. The van der Waals surface area contributed by atoms with E-state index < -0.39 is 22.0 Å². The van der Waals surface area contributed by atoms with E-state index in [-0.39, 0.29) is 6.54 Å².